The standard InChI is InChI=1S/C14H19Br2NO2/c1-14(2,6-3-7-15)9-17-13(19)10-4-5-11(16)12(18)8-10/h4-5,8,18H,3,6-7,9H2,1-2H3,(H,17,19). The van der Waals surface area contributed by atoms with Crippen molar-refractivity contribution in [1.29, 1.82) is 0 Å². The van der Waals surface area contributed by atoms with Gasteiger partial charge in [-0.2, -0.15) is 0 Å². The molecule has 0 aliphatic rings. The van der Waals surface area contributed by atoms with Crippen LogP contribution in [0.4, 0.5) is 0 Å². The molecule has 0 fully saturated rings. The highest BCUT2D eigenvalue weighted by Crippen LogP contribution is 2.25. The number of amides is 1. The monoisotopic (exact) mass is 391 g/mol. The first-order valence-corrected chi connectivity index (χ1v) is 8.10. The van der Waals surface area contributed by atoms with Gasteiger partial charge in [-0.25, -0.2) is 0 Å². The molecule has 0 atom stereocenters. The van der Waals surface area contributed by atoms with Crippen LogP contribution in [0.2, 0.25) is 0 Å². The van der Waals surface area contributed by atoms with Crippen molar-refractivity contribution in [3.8, 4) is 5.75 Å². The number of phenols is 1. The van der Waals surface area contributed by atoms with Crippen molar-refractivity contribution < 1.29 is 9.90 Å². The SMILES string of the molecule is CC(C)(CCCBr)CNC(=O)c1ccc(Br)c(O)c1. The van der Waals surface area contributed by atoms with Crippen molar-refractivity contribution in [3.63, 3.8) is 0 Å². The molecular weight excluding hydrogens is 374 g/mol. The van der Waals surface area contributed by atoms with Gasteiger partial charge in [-0.05, 0) is 52.4 Å². The lowest BCUT2D eigenvalue weighted by atomic mass is 9.88. The molecule has 2 N–H and O–H groups in total. The summed E-state index contributed by atoms with van der Waals surface area (Å²) in [5, 5.41) is 13.5. The normalized spacial score (nSPS) is 11.4. The molecule has 0 aliphatic carbocycles. The van der Waals surface area contributed by atoms with Gasteiger partial charge in [0.05, 0.1) is 4.47 Å². The molecule has 1 aromatic carbocycles. The van der Waals surface area contributed by atoms with E-state index in [1.54, 1.807) is 12.1 Å². The van der Waals surface area contributed by atoms with E-state index in [0.717, 1.165) is 18.2 Å². The number of benzene rings is 1. The molecule has 1 aromatic rings. The number of phenolic OH excluding ortho intramolecular Hbond substituents is 1. The largest absolute Gasteiger partial charge is 0.507 e. The second kappa shape index (κ2) is 7.29. The van der Waals surface area contributed by atoms with Gasteiger partial charge in [0.1, 0.15) is 5.75 Å². The number of nitrogens with one attached hydrogen (secondary N) is 1. The Morgan fingerprint density at radius 1 is 1.42 bits per heavy atom. The molecule has 0 spiro atoms. The van der Waals surface area contributed by atoms with Crippen molar-refractivity contribution >= 4 is 37.8 Å². The Labute approximate surface area is 131 Å². The maximum Gasteiger partial charge on any atom is 0.251 e. The molecule has 0 unspecified atom stereocenters. The van der Waals surface area contributed by atoms with Crippen molar-refractivity contribution in [2.45, 2.75) is 26.7 Å². The van der Waals surface area contributed by atoms with Gasteiger partial charge in [0.25, 0.3) is 5.91 Å². The summed E-state index contributed by atoms with van der Waals surface area (Å²) in [6, 6.07) is 4.82. The Kier molecular flexibility index (Phi) is 6.33. The summed E-state index contributed by atoms with van der Waals surface area (Å²) in [6.45, 7) is 4.89. The Morgan fingerprint density at radius 2 is 2.11 bits per heavy atom. The third-order valence-corrected chi connectivity index (χ3v) is 4.15. The van der Waals surface area contributed by atoms with E-state index in [9.17, 15) is 9.90 Å². The first kappa shape index (κ1) is 16.5. The first-order valence-electron chi connectivity index (χ1n) is 6.18. The second-order valence-corrected chi connectivity index (χ2v) is 6.95. The number of halogens is 2. The fraction of sp³-hybridized carbons (Fsp3) is 0.500. The maximum absolute atomic E-state index is 12.0. The van der Waals surface area contributed by atoms with E-state index in [1.807, 2.05) is 0 Å². The molecule has 5 heteroatoms. The summed E-state index contributed by atoms with van der Waals surface area (Å²) in [5.74, 6) is -0.0825. The summed E-state index contributed by atoms with van der Waals surface area (Å²) >= 11 is 6.61. The van der Waals surface area contributed by atoms with Crippen molar-refractivity contribution in [2.75, 3.05) is 11.9 Å². The Morgan fingerprint density at radius 3 is 2.68 bits per heavy atom. The predicted octanol–water partition coefficient (Wildman–Crippen LogP) is 4.09. The van der Waals surface area contributed by atoms with E-state index in [4.69, 9.17) is 0 Å². The topological polar surface area (TPSA) is 49.3 Å². The Balaban J connectivity index is 2.57. The second-order valence-electron chi connectivity index (χ2n) is 5.31. The number of alkyl halides is 1. The van der Waals surface area contributed by atoms with Crippen LogP contribution in [0.5, 0.6) is 5.75 Å². The molecule has 0 aliphatic heterocycles. The van der Waals surface area contributed by atoms with Crippen LogP contribution in [0.25, 0.3) is 0 Å². The van der Waals surface area contributed by atoms with E-state index in [0.29, 0.717) is 16.6 Å². The number of rotatable bonds is 6. The summed E-state index contributed by atoms with van der Waals surface area (Å²) in [7, 11) is 0. The lowest BCUT2D eigenvalue weighted by Gasteiger charge is -2.24. The van der Waals surface area contributed by atoms with Gasteiger partial charge in [-0.15, -0.1) is 0 Å². The minimum Gasteiger partial charge on any atom is -0.507 e. The van der Waals surface area contributed by atoms with Gasteiger partial charge >= 0.3 is 0 Å². The smallest absolute Gasteiger partial charge is 0.251 e. The molecule has 1 amide bonds. The molecule has 3 nitrogen and oxygen atoms in total. The van der Waals surface area contributed by atoms with Crippen LogP contribution in [0.1, 0.15) is 37.0 Å². The van der Waals surface area contributed by atoms with Gasteiger partial charge in [0.15, 0.2) is 0 Å². The van der Waals surface area contributed by atoms with Gasteiger partial charge in [0.2, 0.25) is 0 Å². The highest BCUT2D eigenvalue weighted by Gasteiger charge is 2.19. The van der Waals surface area contributed by atoms with Crippen LogP contribution in [0, 0.1) is 5.41 Å². The minimum absolute atomic E-state index is 0.0703. The average Bonchev–Trinajstić information content (AvgIpc) is 2.37. The van der Waals surface area contributed by atoms with Crippen LogP contribution < -0.4 is 5.32 Å². The van der Waals surface area contributed by atoms with Crippen molar-refractivity contribution in [1.82, 2.24) is 5.32 Å². The van der Waals surface area contributed by atoms with Crippen molar-refractivity contribution in [2.24, 2.45) is 5.41 Å². The molecule has 0 saturated heterocycles. The third kappa shape index (κ3) is 5.53. The fourth-order valence-electron chi connectivity index (χ4n) is 1.71. The zero-order valence-corrected chi connectivity index (χ0v) is 14.3. The first-order chi connectivity index (χ1) is 8.85. The van der Waals surface area contributed by atoms with Gasteiger partial charge < -0.3 is 10.4 Å². The highest BCUT2D eigenvalue weighted by molar-refractivity contribution is 9.10. The fourth-order valence-corrected chi connectivity index (χ4v) is 2.24. The van der Waals surface area contributed by atoms with Crippen LogP contribution in [0.15, 0.2) is 22.7 Å². The quantitative estimate of drug-likeness (QED) is 0.716. The summed E-state index contributed by atoms with van der Waals surface area (Å²) in [4.78, 5) is 12.0. The predicted molar refractivity (Wildman–Crippen MR) is 84.9 cm³/mol. The van der Waals surface area contributed by atoms with E-state index < -0.39 is 0 Å². The molecular formula is C14H19Br2NO2. The molecule has 0 bridgehead atoms. The molecule has 106 valence electrons. The minimum atomic E-state index is -0.158. The lowest BCUT2D eigenvalue weighted by Crippen LogP contribution is -2.34. The van der Waals surface area contributed by atoms with Crippen LogP contribution >= 0.6 is 31.9 Å². The van der Waals surface area contributed by atoms with E-state index in [-0.39, 0.29) is 17.1 Å². The molecule has 0 heterocycles. The zero-order valence-electron chi connectivity index (χ0n) is 11.2. The lowest BCUT2D eigenvalue weighted by molar-refractivity contribution is 0.0934. The molecule has 1 rings (SSSR count). The van der Waals surface area contributed by atoms with Gasteiger partial charge in [-0.1, -0.05) is 29.8 Å². The molecule has 0 radical (unpaired) electrons. The van der Waals surface area contributed by atoms with Crippen LogP contribution in [-0.2, 0) is 0 Å². The van der Waals surface area contributed by atoms with E-state index in [2.05, 4.69) is 51.0 Å². The van der Waals surface area contributed by atoms with Gasteiger partial charge in [-0.3, -0.25) is 4.79 Å². The molecule has 0 aromatic heterocycles. The number of hydrogen-bond acceptors (Lipinski definition) is 2. The van der Waals surface area contributed by atoms with Crippen LogP contribution in [-0.4, -0.2) is 22.9 Å². The van der Waals surface area contributed by atoms with Crippen LogP contribution in [0.3, 0.4) is 0 Å². The highest BCUT2D eigenvalue weighted by atomic mass is 79.9. The van der Waals surface area contributed by atoms with E-state index in [1.165, 1.54) is 6.07 Å². The maximum atomic E-state index is 12.0. The third-order valence-electron chi connectivity index (χ3n) is 2.92. The number of aromatic hydroxyl groups is 1. The Hall–Kier alpha value is -0.550. The van der Waals surface area contributed by atoms with E-state index >= 15 is 0 Å². The molecule has 19 heavy (non-hydrogen) atoms. The summed E-state index contributed by atoms with van der Waals surface area (Å²) in [5.41, 5.74) is 0.540. The number of carbonyl (C=O) groups is 1. The average molecular weight is 393 g/mol. The summed E-state index contributed by atoms with van der Waals surface area (Å²) in [6.07, 6.45) is 2.13. The Bertz CT molecular complexity index is 447. The van der Waals surface area contributed by atoms with Crippen molar-refractivity contribution in [3.05, 3.63) is 28.2 Å². The van der Waals surface area contributed by atoms with Gasteiger partial charge in [0, 0.05) is 17.4 Å². The number of hydrogen-bond donors (Lipinski definition) is 2. The molecule has 0 saturated carbocycles. The summed E-state index contributed by atoms with van der Waals surface area (Å²) < 4.78 is 0.585. The zero-order chi connectivity index (χ0) is 14.5. The number of carbonyl (C=O) groups excluding carboxylic acids is 1.